The lowest BCUT2D eigenvalue weighted by atomic mass is 10.1. The van der Waals surface area contributed by atoms with Gasteiger partial charge >= 0.3 is 6.18 Å². The Bertz CT molecular complexity index is 1010. The van der Waals surface area contributed by atoms with Crippen LogP contribution in [0, 0.1) is 0 Å². The number of likely N-dealkylation sites (N-methyl/N-ethyl adjacent to an activating group) is 2. The Morgan fingerprint density at radius 1 is 1.29 bits per heavy atom. The minimum absolute atomic E-state index is 0.0806. The molecule has 4 rings (SSSR count). The lowest BCUT2D eigenvalue weighted by Crippen LogP contribution is -2.39. The average molecular weight is 408 g/mol. The zero-order valence-corrected chi connectivity index (χ0v) is 16.2. The summed E-state index contributed by atoms with van der Waals surface area (Å²) in [6, 6.07) is 5.05. The number of imidazole rings is 1. The second-order valence-corrected chi connectivity index (χ2v) is 7.93. The first-order chi connectivity index (χ1) is 13.2. The monoisotopic (exact) mass is 408 g/mol. The maximum atomic E-state index is 13.0. The number of nitrogens with zero attached hydrogens (tertiary/aromatic N) is 4. The number of halogens is 3. The van der Waals surface area contributed by atoms with Gasteiger partial charge in [-0.2, -0.15) is 13.2 Å². The second kappa shape index (κ2) is 6.89. The van der Waals surface area contributed by atoms with Crippen LogP contribution in [0.5, 0.6) is 0 Å². The van der Waals surface area contributed by atoms with Crippen LogP contribution in [0.2, 0.25) is 0 Å². The number of carbonyl (C=O) groups excluding carboxylic acids is 1. The maximum absolute atomic E-state index is 13.0. The molecule has 0 spiro atoms. The zero-order chi connectivity index (χ0) is 20.1. The zero-order valence-electron chi connectivity index (χ0n) is 15.4. The highest BCUT2D eigenvalue weighted by atomic mass is 32.1. The number of aromatic nitrogens is 2. The molecule has 5 nitrogen and oxygen atoms in total. The lowest BCUT2D eigenvalue weighted by molar-refractivity contribution is -0.137. The van der Waals surface area contributed by atoms with E-state index in [1.807, 2.05) is 14.1 Å². The third-order valence-corrected chi connectivity index (χ3v) is 6.01. The fourth-order valence-electron chi connectivity index (χ4n) is 3.48. The fourth-order valence-corrected chi connectivity index (χ4v) is 4.33. The van der Waals surface area contributed by atoms with Gasteiger partial charge in [-0.05, 0) is 32.1 Å². The molecule has 1 saturated heterocycles. The summed E-state index contributed by atoms with van der Waals surface area (Å²) in [4.78, 5) is 22.0. The van der Waals surface area contributed by atoms with Crippen molar-refractivity contribution in [3.63, 3.8) is 0 Å². The third-order valence-electron chi connectivity index (χ3n) is 5.17. The number of benzene rings is 1. The molecule has 3 heterocycles. The van der Waals surface area contributed by atoms with Gasteiger partial charge in [0.15, 0.2) is 4.96 Å². The molecule has 0 radical (unpaired) electrons. The SMILES string of the molecule is CN1CC[C@@H](N(C)C(=O)c2csc3nc(-c4ccc(C(F)(F)F)cc4)cn23)C1. The molecule has 0 bridgehead atoms. The fraction of sp³-hybridized carbons (Fsp3) is 0.368. The van der Waals surface area contributed by atoms with Crippen molar-refractivity contribution in [2.45, 2.75) is 18.6 Å². The molecule has 28 heavy (non-hydrogen) atoms. The maximum Gasteiger partial charge on any atom is 0.416 e. The molecule has 1 aliphatic heterocycles. The molecule has 0 saturated carbocycles. The van der Waals surface area contributed by atoms with Gasteiger partial charge in [-0.25, -0.2) is 4.98 Å². The average Bonchev–Trinajstić information content (AvgIpc) is 3.35. The molecule has 0 unspecified atom stereocenters. The number of fused-ring (bicyclic) bond motifs is 1. The summed E-state index contributed by atoms with van der Waals surface area (Å²) < 4.78 is 40.0. The van der Waals surface area contributed by atoms with E-state index in [-0.39, 0.29) is 11.9 Å². The van der Waals surface area contributed by atoms with Gasteiger partial charge in [0, 0.05) is 36.8 Å². The molecule has 0 aliphatic carbocycles. The first kappa shape index (κ1) is 18.9. The van der Waals surface area contributed by atoms with E-state index >= 15 is 0 Å². The van der Waals surface area contributed by atoms with Crippen molar-refractivity contribution in [3.05, 3.63) is 47.1 Å². The van der Waals surface area contributed by atoms with Gasteiger partial charge in [-0.15, -0.1) is 11.3 Å². The number of alkyl halides is 3. The first-order valence-electron chi connectivity index (χ1n) is 8.84. The molecule has 0 N–H and O–H groups in total. The van der Waals surface area contributed by atoms with E-state index < -0.39 is 11.7 Å². The predicted octanol–water partition coefficient (Wildman–Crippen LogP) is 3.86. The van der Waals surface area contributed by atoms with Crippen molar-refractivity contribution >= 4 is 22.2 Å². The van der Waals surface area contributed by atoms with Gasteiger partial charge in [0.1, 0.15) is 5.69 Å². The summed E-state index contributed by atoms with van der Waals surface area (Å²) in [5, 5.41) is 1.77. The van der Waals surface area contributed by atoms with Crippen LogP contribution in [0.4, 0.5) is 13.2 Å². The van der Waals surface area contributed by atoms with E-state index in [0.29, 0.717) is 21.9 Å². The molecule has 1 fully saturated rings. The van der Waals surface area contributed by atoms with E-state index in [4.69, 9.17) is 0 Å². The van der Waals surface area contributed by atoms with Crippen molar-refractivity contribution in [1.82, 2.24) is 19.2 Å². The van der Waals surface area contributed by atoms with E-state index in [9.17, 15) is 18.0 Å². The Morgan fingerprint density at radius 2 is 2.00 bits per heavy atom. The summed E-state index contributed by atoms with van der Waals surface area (Å²) in [5.41, 5.74) is 0.935. The molecule has 1 aromatic carbocycles. The summed E-state index contributed by atoms with van der Waals surface area (Å²) in [5.74, 6) is -0.0806. The normalized spacial score (nSPS) is 18.1. The number of rotatable bonds is 3. The molecule has 2 aromatic heterocycles. The van der Waals surface area contributed by atoms with Gasteiger partial charge in [-0.1, -0.05) is 12.1 Å². The van der Waals surface area contributed by atoms with Gasteiger partial charge in [0.05, 0.1) is 11.3 Å². The van der Waals surface area contributed by atoms with E-state index in [2.05, 4.69) is 9.88 Å². The minimum Gasteiger partial charge on any atom is -0.336 e. The molecule has 1 atom stereocenters. The lowest BCUT2D eigenvalue weighted by Gasteiger charge is -2.24. The highest BCUT2D eigenvalue weighted by Crippen LogP contribution is 2.31. The van der Waals surface area contributed by atoms with E-state index in [1.54, 1.807) is 20.9 Å². The van der Waals surface area contributed by atoms with Gasteiger partial charge in [-0.3, -0.25) is 9.20 Å². The number of hydrogen-bond acceptors (Lipinski definition) is 4. The second-order valence-electron chi connectivity index (χ2n) is 7.10. The van der Waals surface area contributed by atoms with Gasteiger partial charge < -0.3 is 9.80 Å². The summed E-state index contributed by atoms with van der Waals surface area (Å²) >= 11 is 1.34. The largest absolute Gasteiger partial charge is 0.416 e. The Labute approximate surface area is 164 Å². The van der Waals surface area contributed by atoms with Crippen LogP contribution in [-0.4, -0.2) is 58.3 Å². The van der Waals surface area contributed by atoms with E-state index in [0.717, 1.165) is 31.6 Å². The number of likely N-dealkylation sites (tertiary alicyclic amines) is 1. The highest BCUT2D eigenvalue weighted by Gasteiger charge is 2.30. The van der Waals surface area contributed by atoms with Gasteiger partial charge in [0.25, 0.3) is 5.91 Å². The number of amides is 1. The Balaban J connectivity index is 1.61. The molecule has 1 aliphatic rings. The number of carbonyl (C=O) groups is 1. The van der Waals surface area contributed by atoms with Crippen molar-refractivity contribution in [1.29, 1.82) is 0 Å². The Kier molecular flexibility index (Phi) is 4.67. The van der Waals surface area contributed by atoms with Crippen LogP contribution in [0.25, 0.3) is 16.2 Å². The van der Waals surface area contributed by atoms with Crippen molar-refractivity contribution in [2.75, 3.05) is 27.2 Å². The van der Waals surface area contributed by atoms with Crippen LogP contribution in [0.15, 0.2) is 35.8 Å². The molecule has 9 heteroatoms. The Morgan fingerprint density at radius 3 is 2.61 bits per heavy atom. The molecule has 1 amide bonds. The summed E-state index contributed by atoms with van der Waals surface area (Å²) in [6.45, 7) is 1.81. The van der Waals surface area contributed by atoms with E-state index in [1.165, 1.54) is 23.5 Å². The first-order valence-corrected chi connectivity index (χ1v) is 9.72. The number of hydrogen-bond donors (Lipinski definition) is 0. The minimum atomic E-state index is -4.37. The summed E-state index contributed by atoms with van der Waals surface area (Å²) in [7, 11) is 3.84. The van der Waals surface area contributed by atoms with Crippen molar-refractivity contribution in [3.8, 4) is 11.3 Å². The van der Waals surface area contributed by atoms with Crippen LogP contribution in [-0.2, 0) is 6.18 Å². The van der Waals surface area contributed by atoms with Crippen LogP contribution < -0.4 is 0 Å². The molecule has 148 valence electrons. The standard InChI is InChI=1S/C19H19F3N4OS/c1-24-8-7-14(9-24)25(2)17(27)16-11-28-18-23-15(10-26(16)18)12-3-5-13(6-4-12)19(20,21)22/h3-6,10-11,14H,7-9H2,1-2H3/t14-/m1/s1. The Hall–Kier alpha value is -2.39. The van der Waals surface area contributed by atoms with Gasteiger partial charge in [0.2, 0.25) is 0 Å². The third kappa shape index (κ3) is 3.40. The predicted molar refractivity (Wildman–Crippen MR) is 102 cm³/mol. The highest BCUT2D eigenvalue weighted by molar-refractivity contribution is 7.15. The molecule has 3 aromatic rings. The van der Waals surface area contributed by atoms with Crippen molar-refractivity contribution < 1.29 is 18.0 Å². The van der Waals surface area contributed by atoms with Crippen molar-refractivity contribution in [2.24, 2.45) is 0 Å². The van der Waals surface area contributed by atoms with Crippen LogP contribution in [0.1, 0.15) is 22.5 Å². The molecular weight excluding hydrogens is 389 g/mol. The van der Waals surface area contributed by atoms with Crippen LogP contribution >= 0.6 is 11.3 Å². The number of thiazole rings is 1. The summed E-state index contributed by atoms with van der Waals surface area (Å²) in [6.07, 6.45) is -1.73. The van der Waals surface area contributed by atoms with Crippen LogP contribution in [0.3, 0.4) is 0 Å². The smallest absolute Gasteiger partial charge is 0.336 e. The quantitative estimate of drug-likeness (QED) is 0.661. The topological polar surface area (TPSA) is 40.8 Å². The molecular formula is C19H19F3N4OS.